The van der Waals surface area contributed by atoms with Crippen molar-refractivity contribution in [3.8, 4) is 11.4 Å². The van der Waals surface area contributed by atoms with Gasteiger partial charge in [0.05, 0.1) is 13.2 Å². The van der Waals surface area contributed by atoms with Crippen molar-refractivity contribution >= 4 is 11.7 Å². The fourth-order valence-electron chi connectivity index (χ4n) is 4.83. The molecule has 0 aliphatic heterocycles. The highest BCUT2D eigenvalue weighted by atomic mass is 19.4. The van der Waals surface area contributed by atoms with Gasteiger partial charge in [-0.2, -0.15) is 13.2 Å². The minimum atomic E-state index is -5.17. The molecule has 0 spiro atoms. The smallest absolute Gasteiger partial charge is 0.419 e. The summed E-state index contributed by atoms with van der Waals surface area (Å²) in [6.07, 6.45) is -4.90. The number of fused-ring (bicyclic) bond motifs is 1. The highest BCUT2D eigenvalue weighted by Gasteiger charge is 2.64. The maximum Gasteiger partial charge on any atom is 0.419 e. The molecule has 3 aromatic rings. The van der Waals surface area contributed by atoms with E-state index in [1.165, 1.54) is 37.7 Å². The lowest BCUT2D eigenvalue weighted by atomic mass is 9.63. The van der Waals surface area contributed by atoms with Gasteiger partial charge in [0.2, 0.25) is 0 Å². The molecular weight excluding hydrogens is 487 g/mol. The van der Waals surface area contributed by atoms with Crippen LogP contribution in [-0.2, 0) is 5.41 Å². The molecule has 1 amide bonds. The highest BCUT2D eigenvalue weighted by molar-refractivity contribution is 5.97. The first-order chi connectivity index (χ1) is 16.7. The number of benzene rings is 2. The van der Waals surface area contributed by atoms with Gasteiger partial charge in [0.1, 0.15) is 18.0 Å². The van der Waals surface area contributed by atoms with Gasteiger partial charge in [0, 0.05) is 11.3 Å². The van der Waals surface area contributed by atoms with Crippen molar-refractivity contribution in [1.29, 1.82) is 0 Å². The average molecular weight is 510 g/mol. The number of nitrogens with zero attached hydrogens (tertiary/aromatic N) is 2. The number of anilines is 1. The van der Waals surface area contributed by atoms with Gasteiger partial charge in [-0.15, -0.1) is 0 Å². The minimum Gasteiger partial charge on any atom is -0.493 e. The summed E-state index contributed by atoms with van der Waals surface area (Å²) in [5, 5.41) is 13.2. The Bertz CT molecular complexity index is 1320. The summed E-state index contributed by atoms with van der Waals surface area (Å²) >= 11 is 0. The van der Waals surface area contributed by atoms with Crippen molar-refractivity contribution in [2.75, 3.05) is 12.8 Å². The van der Waals surface area contributed by atoms with E-state index in [9.17, 15) is 31.9 Å². The van der Waals surface area contributed by atoms with E-state index in [0.717, 1.165) is 30.6 Å². The van der Waals surface area contributed by atoms with Crippen LogP contribution in [0.4, 0.5) is 27.8 Å². The largest absolute Gasteiger partial charge is 0.493 e. The number of imidazole rings is 1. The number of hydrogen-bond acceptors (Lipinski definition) is 5. The molecule has 1 aliphatic rings. The van der Waals surface area contributed by atoms with E-state index >= 15 is 0 Å². The Morgan fingerprint density at radius 1 is 1.19 bits per heavy atom. The molecule has 1 aromatic heterocycles. The van der Waals surface area contributed by atoms with Crippen LogP contribution in [0.15, 0.2) is 42.7 Å². The van der Waals surface area contributed by atoms with Crippen LogP contribution in [0, 0.1) is 11.6 Å². The third kappa shape index (κ3) is 3.94. The Hall–Kier alpha value is -3.67. The molecule has 36 heavy (non-hydrogen) atoms. The van der Waals surface area contributed by atoms with E-state index in [2.05, 4.69) is 10.3 Å². The quantitative estimate of drug-likeness (QED) is 0.457. The monoisotopic (exact) mass is 510 g/mol. The lowest BCUT2D eigenvalue weighted by Gasteiger charge is -2.48. The maximum atomic E-state index is 14.5. The van der Waals surface area contributed by atoms with Crippen molar-refractivity contribution in [2.45, 2.75) is 43.5 Å². The number of alkyl halides is 3. The molecule has 1 heterocycles. The Kier molecular flexibility index (Phi) is 5.98. The standard InChI is InChI=1S/C24H23F5N4O3/c1-22(2)10-23(35,24(27,28)29)19(14-8-9-15(26)18(36-3)16(14)22)32-21(34)17-20(30)33(11-31-17)13-6-4-12(25)5-7-13/h4-9,11,19,35H,10,30H2,1-3H3,(H,32,34)/t19-,23-/m1/s1. The summed E-state index contributed by atoms with van der Waals surface area (Å²) < 4.78 is 77.0. The fraction of sp³-hybridized carbons (Fsp3) is 0.333. The Morgan fingerprint density at radius 2 is 1.83 bits per heavy atom. The molecule has 192 valence electrons. The van der Waals surface area contributed by atoms with Crippen LogP contribution >= 0.6 is 0 Å². The first-order valence-corrected chi connectivity index (χ1v) is 10.8. The van der Waals surface area contributed by atoms with Crippen molar-refractivity contribution in [3.63, 3.8) is 0 Å². The first-order valence-electron chi connectivity index (χ1n) is 10.8. The van der Waals surface area contributed by atoms with Crippen LogP contribution in [0.2, 0.25) is 0 Å². The molecule has 4 rings (SSSR count). The Labute approximate surface area is 202 Å². The second kappa shape index (κ2) is 8.47. The molecule has 0 saturated carbocycles. The summed E-state index contributed by atoms with van der Waals surface area (Å²) in [4.78, 5) is 17.0. The SMILES string of the molecule is COc1c(F)ccc2c1C(C)(C)C[C@](O)(C(F)(F)F)[C@@H]2NC(=O)c1ncn(-c2ccc(F)cc2)c1N. The van der Waals surface area contributed by atoms with E-state index < -0.39 is 52.9 Å². The van der Waals surface area contributed by atoms with Gasteiger partial charge < -0.3 is 20.9 Å². The summed E-state index contributed by atoms with van der Waals surface area (Å²) in [5.41, 5.74) is 1.12. The molecule has 4 N–H and O–H groups in total. The number of aliphatic hydroxyl groups is 1. The van der Waals surface area contributed by atoms with Gasteiger partial charge in [-0.3, -0.25) is 9.36 Å². The van der Waals surface area contributed by atoms with Gasteiger partial charge in [-0.25, -0.2) is 13.8 Å². The van der Waals surface area contributed by atoms with E-state index in [1.54, 1.807) is 0 Å². The number of carbonyl (C=O) groups excluding carboxylic acids is 1. The number of rotatable bonds is 4. The number of amides is 1. The number of ether oxygens (including phenoxy) is 1. The molecule has 2 atom stereocenters. The third-order valence-corrected chi connectivity index (χ3v) is 6.41. The van der Waals surface area contributed by atoms with Crippen LogP contribution in [0.1, 0.15) is 47.9 Å². The van der Waals surface area contributed by atoms with Crippen LogP contribution in [0.5, 0.6) is 5.75 Å². The number of carbonyl (C=O) groups is 1. The summed E-state index contributed by atoms with van der Waals surface area (Å²) in [6.45, 7) is 2.84. The van der Waals surface area contributed by atoms with E-state index in [-0.39, 0.29) is 22.7 Å². The lowest BCUT2D eigenvalue weighted by molar-refractivity contribution is -0.280. The molecule has 1 aliphatic carbocycles. The Balaban J connectivity index is 1.81. The first kappa shape index (κ1) is 25.4. The molecule has 0 saturated heterocycles. The summed E-state index contributed by atoms with van der Waals surface area (Å²) in [6, 6.07) is 5.02. The predicted molar refractivity (Wildman–Crippen MR) is 120 cm³/mol. The zero-order chi connectivity index (χ0) is 26.6. The maximum absolute atomic E-state index is 14.5. The van der Waals surface area contributed by atoms with Gasteiger partial charge in [0.25, 0.3) is 5.91 Å². The minimum absolute atomic E-state index is 0.0917. The molecule has 0 radical (unpaired) electrons. The van der Waals surface area contributed by atoms with Crippen molar-refractivity contribution < 1.29 is 36.6 Å². The lowest BCUT2D eigenvalue weighted by Crippen LogP contribution is -2.60. The van der Waals surface area contributed by atoms with Gasteiger partial charge >= 0.3 is 6.18 Å². The molecule has 12 heteroatoms. The fourth-order valence-corrected chi connectivity index (χ4v) is 4.83. The number of hydrogen-bond donors (Lipinski definition) is 3. The van der Waals surface area contributed by atoms with Gasteiger partial charge in [-0.1, -0.05) is 19.9 Å². The number of aromatic nitrogens is 2. The van der Waals surface area contributed by atoms with Crippen molar-refractivity contribution in [3.05, 3.63) is 71.2 Å². The molecular formula is C24H23F5N4O3. The second-order valence-corrected chi connectivity index (χ2v) is 9.26. The zero-order valence-corrected chi connectivity index (χ0v) is 19.5. The molecule has 2 aromatic carbocycles. The van der Waals surface area contributed by atoms with Crippen molar-refractivity contribution in [2.24, 2.45) is 0 Å². The molecule has 7 nitrogen and oxygen atoms in total. The number of nitrogens with two attached hydrogens (primary N) is 1. The van der Waals surface area contributed by atoms with Crippen LogP contribution in [0.3, 0.4) is 0 Å². The number of methoxy groups -OCH3 is 1. The van der Waals surface area contributed by atoms with E-state index in [1.807, 2.05) is 0 Å². The van der Waals surface area contributed by atoms with Crippen LogP contribution < -0.4 is 15.8 Å². The van der Waals surface area contributed by atoms with Gasteiger partial charge in [0.15, 0.2) is 22.9 Å². The second-order valence-electron chi connectivity index (χ2n) is 9.26. The number of halogens is 5. The van der Waals surface area contributed by atoms with E-state index in [4.69, 9.17) is 10.5 Å². The number of nitrogens with one attached hydrogen (secondary N) is 1. The summed E-state index contributed by atoms with van der Waals surface area (Å²) in [7, 11) is 1.18. The Morgan fingerprint density at radius 3 is 2.42 bits per heavy atom. The van der Waals surface area contributed by atoms with Gasteiger partial charge in [-0.05, 0) is 47.7 Å². The molecule has 0 unspecified atom stereocenters. The normalized spacial score (nSPS) is 21.1. The molecule has 0 fully saturated rings. The zero-order valence-electron chi connectivity index (χ0n) is 19.5. The van der Waals surface area contributed by atoms with Crippen LogP contribution in [0.25, 0.3) is 5.69 Å². The van der Waals surface area contributed by atoms with Crippen LogP contribution in [-0.4, -0.2) is 39.5 Å². The van der Waals surface area contributed by atoms with E-state index in [0.29, 0.717) is 5.69 Å². The highest BCUT2D eigenvalue weighted by Crippen LogP contribution is 2.55. The average Bonchev–Trinajstić information content (AvgIpc) is 3.17. The summed E-state index contributed by atoms with van der Waals surface area (Å²) in [5.74, 6) is -2.90. The predicted octanol–water partition coefficient (Wildman–Crippen LogP) is 4.19. The number of nitrogen functional groups attached to an aromatic ring is 1. The molecule has 0 bridgehead atoms. The third-order valence-electron chi connectivity index (χ3n) is 6.41. The topological polar surface area (TPSA) is 102 Å². The van der Waals surface area contributed by atoms with Crippen molar-refractivity contribution in [1.82, 2.24) is 14.9 Å².